The summed E-state index contributed by atoms with van der Waals surface area (Å²) in [7, 11) is 1.26. The minimum atomic E-state index is -0.820. The molecule has 0 radical (unpaired) electrons. The minimum Gasteiger partial charge on any atom is -0.437 e. The van der Waals surface area contributed by atoms with Crippen LogP contribution in [0.2, 0.25) is 0 Å². The number of aryl methyl sites for hydroxylation is 3. The van der Waals surface area contributed by atoms with Gasteiger partial charge in [-0.15, -0.1) is 0 Å². The SMILES string of the molecule is CCSN1C(=O)C(c2c(C)cc(C)cc2C)=C(OC(=O)OC)C1(C)C. The van der Waals surface area contributed by atoms with Gasteiger partial charge in [0.1, 0.15) is 5.54 Å². The lowest BCUT2D eigenvalue weighted by atomic mass is 9.91. The maximum absolute atomic E-state index is 13.2. The highest BCUT2D eigenvalue weighted by molar-refractivity contribution is 7.97. The van der Waals surface area contributed by atoms with Gasteiger partial charge in [0.05, 0.1) is 12.7 Å². The highest BCUT2D eigenvalue weighted by atomic mass is 32.2. The lowest BCUT2D eigenvalue weighted by molar-refractivity contribution is -0.121. The molecule has 0 aliphatic carbocycles. The average Bonchev–Trinajstić information content (AvgIpc) is 2.68. The van der Waals surface area contributed by atoms with Gasteiger partial charge < -0.3 is 9.47 Å². The number of hydrogen-bond acceptors (Lipinski definition) is 5. The van der Waals surface area contributed by atoms with Crippen LogP contribution in [-0.4, -0.2) is 34.8 Å². The van der Waals surface area contributed by atoms with Crippen LogP contribution in [0.15, 0.2) is 17.9 Å². The third-order valence-corrected chi connectivity index (χ3v) is 5.36. The summed E-state index contributed by atoms with van der Waals surface area (Å²) >= 11 is 1.42. The van der Waals surface area contributed by atoms with Crippen LogP contribution in [0.4, 0.5) is 4.79 Å². The number of carbonyl (C=O) groups is 2. The Bertz CT molecular complexity index is 729. The maximum Gasteiger partial charge on any atom is 0.513 e. The highest BCUT2D eigenvalue weighted by Gasteiger charge is 2.49. The van der Waals surface area contributed by atoms with Gasteiger partial charge in [0.25, 0.3) is 5.91 Å². The summed E-state index contributed by atoms with van der Waals surface area (Å²) in [5.74, 6) is 0.922. The van der Waals surface area contributed by atoms with E-state index in [1.54, 1.807) is 4.31 Å². The Kier molecular flexibility index (Phi) is 5.52. The first-order valence-corrected chi connectivity index (χ1v) is 9.15. The van der Waals surface area contributed by atoms with Gasteiger partial charge in [-0.3, -0.25) is 9.10 Å². The van der Waals surface area contributed by atoms with Gasteiger partial charge in [0, 0.05) is 5.75 Å². The van der Waals surface area contributed by atoms with Crippen LogP contribution in [0, 0.1) is 20.8 Å². The first kappa shape index (κ1) is 19.4. The molecule has 0 saturated carbocycles. The fourth-order valence-corrected chi connectivity index (χ4v) is 4.17. The Morgan fingerprint density at radius 3 is 2.24 bits per heavy atom. The minimum absolute atomic E-state index is 0.147. The molecule has 136 valence electrons. The van der Waals surface area contributed by atoms with Crippen LogP contribution in [0.3, 0.4) is 0 Å². The predicted molar refractivity (Wildman–Crippen MR) is 100 cm³/mol. The molecule has 1 aromatic carbocycles. The van der Waals surface area contributed by atoms with Gasteiger partial charge in [-0.1, -0.05) is 24.6 Å². The molecule has 0 bridgehead atoms. The van der Waals surface area contributed by atoms with Crippen molar-refractivity contribution in [3.05, 3.63) is 40.1 Å². The van der Waals surface area contributed by atoms with Crippen molar-refractivity contribution in [1.29, 1.82) is 0 Å². The molecule has 0 spiro atoms. The van der Waals surface area contributed by atoms with Gasteiger partial charge in [-0.2, -0.15) is 0 Å². The molecule has 0 saturated heterocycles. The number of nitrogens with zero attached hydrogens (tertiary/aromatic N) is 1. The lowest BCUT2D eigenvalue weighted by Gasteiger charge is -2.31. The quantitative estimate of drug-likeness (QED) is 0.586. The molecule has 0 N–H and O–H groups in total. The van der Waals surface area contributed by atoms with E-state index >= 15 is 0 Å². The van der Waals surface area contributed by atoms with Gasteiger partial charge in [-0.25, -0.2) is 4.79 Å². The van der Waals surface area contributed by atoms with Crippen LogP contribution < -0.4 is 0 Å². The lowest BCUT2D eigenvalue weighted by Crippen LogP contribution is -2.39. The largest absolute Gasteiger partial charge is 0.513 e. The van der Waals surface area contributed by atoms with Crippen LogP contribution in [-0.2, 0) is 14.3 Å². The van der Waals surface area contributed by atoms with Gasteiger partial charge in [-0.05, 0) is 63.3 Å². The number of rotatable bonds is 4. The Morgan fingerprint density at radius 1 is 1.20 bits per heavy atom. The third kappa shape index (κ3) is 3.40. The van der Waals surface area contributed by atoms with E-state index in [2.05, 4.69) is 4.74 Å². The molecule has 0 fully saturated rings. The molecule has 1 aliphatic heterocycles. The highest BCUT2D eigenvalue weighted by Crippen LogP contribution is 2.45. The zero-order valence-corrected chi connectivity index (χ0v) is 16.7. The molecule has 1 amide bonds. The molecule has 0 atom stereocenters. The van der Waals surface area contributed by atoms with E-state index in [0.717, 1.165) is 28.0 Å². The molecule has 1 aliphatic rings. The number of carbonyl (C=O) groups excluding carboxylic acids is 2. The molecule has 0 aromatic heterocycles. The second-order valence-electron chi connectivity index (χ2n) is 6.61. The molecular formula is C19H25NO4S. The molecule has 2 rings (SSSR count). The average molecular weight is 363 g/mol. The number of hydrogen-bond donors (Lipinski definition) is 0. The summed E-state index contributed by atoms with van der Waals surface area (Å²) < 4.78 is 11.8. The van der Waals surface area contributed by atoms with E-state index in [1.165, 1.54) is 19.1 Å². The summed E-state index contributed by atoms with van der Waals surface area (Å²) in [6.45, 7) is 11.7. The normalized spacial score (nSPS) is 16.4. The first-order valence-electron chi connectivity index (χ1n) is 8.21. The number of ether oxygens (including phenoxy) is 2. The summed E-state index contributed by atoms with van der Waals surface area (Å²) in [4.78, 5) is 25.0. The Labute approximate surface area is 153 Å². The fourth-order valence-electron chi connectivity index (χ4n) is 3.30. The fraction of sp³-hybridized carbons (Fsp3) is 0.474. The summed E-state index contributed by atoms with van der Waals surface area (Å²) in [6, 6.07) is 4.06. The van der Waals surface area contributed by atoms with E-state index < -0.39 is 11.7 Å². The van der Waals surface area contributed by atoms with Crippen molar-refractivity contribution in [2.75, 3.05) is 12.9 Å². The van der Waals surface area contributed by atoms with E-state index in [4.69, 9.17) is 4.74 Å². The summed E-state index contributed by atoms with van der Waals surface area (Å²) in [5, 5.41) is 0. The number of methoxy groups -OCH3 is 1. The van der Waals surface area contributed by atoms with Gasteiger partial charge in [0.15, 0.2) is 5.76 Å². The molecule has 1 aromatic rings. The van der Waals surface area contributed by atoms with E-state index in [-0.39, 0.29) is 5.91 Å². The molecule has 1 heterocycles. The zero-order chi connectivity index (χ0) is 18.9. The predicted octanol–water partition coefficient (Wildman–Crippen LogP) is 4.39. The number of amides is 1. The van der Waals surface area contributed by atoms with Crippen molar-refractivity contribution in [2.45, 2.75) is 47.1 Å². The molecule has 5 nitrogen and oxygen atoms in total. The van der Waals surface area contributed by atoms with Gasteiger partial charge >= 0.3 is 6.16 Å². The molecule has 0 unspecified atom stereocenters. The van der Waals surface area contributed by atoms with Crippen molar-refractivity contribution in [2.24, 2.45) is 0 Å². The maximum atomic E-state index is 13.2. The topological polar surface area (TPSA) is 55.8 Å². The van der Waals surface area contributed by atoms with Crippen LogP contribution in [0.5, 0.6) is 0 Å². The second kappa shape index (κ2) is 7.12. The third-order valence-electron chi connectivity index (χ3n) is 4.23. The molecule has 6 heteroatoms. The Hall–Kier alpha value is -1.95. The van der Waals surface area contributed by atoms with Crippen molar-refractivity contribution < 1.29 is 19.1 Å². The summed E-state index contributed by atoms with van der Waals surface area (Å²) in [6.07, 6.45) is -0.820. The van der Waals surface area contributed by atoms with E-state index in [0.29, 0.717) is 11.3 Å². The Balaban J connectivity index is 2.73. The van der Waals surface area contributed by atoms with Crippen LogP contribution in [0.25, 0.3) is 5.57 Å². The monoisotopic (exact) mass is 363 g/mol. The van der Waals surface area contributed by atoms with Gasteiger partial charge in [0.2, 0.25) is 0 Å². The van der Waals surface area contributed by atoms with Crippen molar-refractivity contribution >= 4 is 29.6 Å². The first-order chi connectivity index (χ1) is 11.6. The zero-order valence-electron chi connectivity index (χ0n) is 15.9. The van der Waals surface area contributed by atoms with E-state index in [9.17, 15) is 9.59 Å². The van der Waals surface area contributed by atoms with Crippen molar-refractivity contribution in [3.8, 4) is 0 Å². The Morgan fingerprint density at radius 2 is 1.76 bits per heavy atom. The number of benzene rings is 1. The van der Waals surface area contributed by atoms with Crippen molar-refractivity contribution in [3.63, 3.8) is 0 Å². The molecular weight excluding hydrogens is 338 g/mol. The van der Waals surface area contributed by atoms with Crippen LogP contribution in [0.1, 0.15) is 43.0 Å². The van der Waals surface area contributed by atoms with Crippen LogP contribution >= 0.6 is 11.9 Å². The van der Waals surface area contributed by atoms with Crippen molar-refractivity contribution in [1.82, 2.24) is 4.31 Å². The molecule has 25 heavy (non-hydrogen) atoms. The second-order valence-corrected chi connectivity index (χ2v) is 7.81. The van der Waals surface area contributed by atoms with E-state index in [1.807, 2.05) is 53.7 Å². The standard InChI is InChI=1S/C19H25NO4S/c1-8-25-20-17(21)15(14-12(3)9-11(2)10-13(14)4)16(19(20,5)6)24-18(22)23-7/h9-10H,8H2,1-7H3. The smallest absolute Gasteiger partial charge is 0.437 e. The summed E-state index contributed by atoms with van der Waals surface area (Å²) in [5.41, 5.74) is 3.58.